The minimum Gasteiger partial charge on any atom is -0.444 e. The van der Waals surface area contributed by atoms with Crippen LogP contribution in [0.3, 0.4) is 0 Å². The van der Waals surface area contributed by atoms with E-state index < -0.39 is 5.60 Å². The molecular weight excluding hydrogens is 258 g/mol. The van der Waals surface area contributed by atoms with Gasteiger partial charge >= 0.3 is 6.09 Å². The van der Waals surface area contributed by atoms with Gasteiger partial charge in [0.25, 0.3) is 0 Å². The van der Waals surface area contributed by atoms with Crippen LogP contribution in [0.5, 0.6) is 0 Å². The van der Waals surface area contributed by atoms with Gasteiger partial charge in [0.05, 0.1) is 0 Å². The number of carbonyl (C=O) groups is 2. The van der Waals surface area contributed by atoms with Crippen LogP contribution in [0.4, 0.5) is 4.79 Å². The maximum absolute atomic E-state index is 11.6. The lowest BCUT2D eigenvalue weighted by Crippen LogP contribution is -2.53. The molecule has 116 valence electrons. The highest BCUT2D eigenvalue weighted by Crippen LogP contribution is 2.08. The molecule has 1 aliphatic heterocycles. The van der Waals surface area contributed by atoms with E-state index in [0.29, 0.717) is 6.54 Å². The summed E-state index contributed by atoms with van der Waals surface area (Å²) in [4.78, 5) is 27.0. The first-order valence-corrected chi connectivity index (χ1v) is 7.15. The van der Waals surface area contributed by atoms with E-state index in [-0.39, 0.29) is 18.0 Å². The van der Waals surface area contributed by atoms with Gasteiger partial charge in [-0.2, -0.15) is 0 Å². The van der Waals surface area contributed by atoms with Crippen molar-refractivity contribution in [2.45, 2.75) is 46.3 Å². The molecule has 20 heavy (non-hydrogen) atoms. The highest BCUT2D eigenvalue weighted by atomic mass is 16.6. The molecule has 1 aliphatic rings. The molecule has 1 N–H and O–H groups in total. The summed E-state index contributed by atoms with van der Waals surface area (Å²) in [6.07, 6.45) is -0.383. The second kappa shape index (κ2) is 6.92. The largest absolute Gasteiger partial charge is 0.444 e. The van der Waals surface area contributed by atoms with Gasteiger partial charge in [0, 0.05) is 45.7 Å². The van der Waals surface area contributed by atoms with Crippen molar-refractivity contribution < 1.29 is 14.3 Å². The number of amides is 2. The predicted molar refractivity (Wildman–Crippen MR) is 77.5 cm³/mol. The topological polar surface area (TPSA) is 61.9 Å². The summed E-state index contributed by atoms with van der Waals surface area (Å²) in [5, 5.41) is 2.79. The lowest BCUT2D eigenvalue weighted by atomic mass is 10.2. The number of rotatable bonds is 3. The van der Waals surface area contributed by atoms with Gasteiger partial charge < -0.3 is 15.0 Å². The zero-order chi connectivity index (χ0) is 15.3. The van der Waals surface area contributed by atoms with E-state index in [9.17, 15) is 9.59 Å². The molecule has 0 aromatic rings. The van der Waals surface area contributed by atoms with Crippen LogP contribution in [0.25, 0.3) is 0 Å². The maximum atomic E-state index is 11.6. The van der Waals surface area contributed by atoms with Gasteiger partial charge in [-0.25, -0.2) is 4.79 Å². The summed E-state index contributed by atoms with van der Waals surface area (Å²) in [5.41, 5.74) is -0.472. The molecular formula is C14H27N3O3. The third-order valence-electron chi connectivity index (χ3n) is 3.32. The van der Waals surface area contributed by atoms with E-state index in [1.807, 2.05) is 25.7 Å². The van der Waals surface area contributed by atoms with E-state index in [1.54, 1.807) is 6.92 Å². The molecule has 0 aliphatic carbocycles. The molecule has 0 saturated carbocycles. The molecule has 0 bridgehead atoms. The Labute approximate surface area is 121 Å². The Hall–Kier alpha value is -1.30. The molecule has 6 heteroatoms. The lowest BCUT2D eigenvalue weighted by Gasteiger charge is -2.37. The van der Waals surface area contributed by atoms with E-state index in [0.717, 1.165) is 26.2 Å². The zero-order valence-corrected chi connectivity index (χ0v) is 13.2. The third kappa shape index (κ3) is 5.77. The Bertz CT molecular complexity index is 344. The monoisotopic (exact) mass is 285 g/mol. The number of ether oxygens (including phenoxy) is 1. The molecule has 0 unspecified atom stereocenters. The lowest BCUT2D eigenvalue weighted by molar-refractivity contribution is -0.130. The van der Waals surface area contributed by atoms with Crippen LogP contribution < -0.4 is 5.32 Å². The average molecular weight is 285 g/mol. The van der Waals surface area contributed by atoms with Crippen molar-refractivity contribution in [3.63, 3.8) is 0 Å². The first kappa shape index (κ1) is 16.8. The van der Waals surface area contributed by atoms with Gasteiger partial charge in [-0.05, 0) is 27.7 Å². The van der Waals surface area contributed by atoms with Crippen molar-refractivity contribution in [2.75, 3.05) is 32.7 Å². The van der Waals surface area contributed by atoms with Crippen LogP contribution in [-0.4, -0.2) is 66.2 Å². The van der Waals surface area contributed by atoms with Crippen molar-refractivity contribution >= 4 is 12.0 Å². The minimum atomic E-state index is -0.472. The molecule has 1 saturated heterocycles. The summed E-state index contributed by atoms with van der Waals surface area (Å²) < 4.78 is 5.20. The predicted octanol–water partition coefficient (Wildman–Crippen LogP) is 1.06. The number of nitrogens with one attached hydrogen (secondary N) is 1. The van der Waals surface area contributed by atoms with Gasteiger partial charge in [0.2, 0.25) is 5.91 Å². The molecule has 1 atom stereocenters. The van der Waals surface area contributed by atoms with Crippen LogP contribution in [0.1, 0.15) is 34.6 Å². The number of nitrogens with zero attached hydrogens (tertiary/aromatic N) is 2. The standard InChI is InChI=1S/C14H27N3O3/c1-11(10-15-13(19)20-14(3,4)5)16-6-8-17(9-7-16)12(2)18/h11H,6-10H2,1-5H3,(H,15,19)/t11-/m1/s1. The molecule has 1 fully saturated rings. The minimum absolute atomic E-state index is 0.129. The number of carbonyl (C=O) groups excluding carboxylic acids is 2. The molecule has 0 aromatic carbocycles. The van der Waals surface area contributed by atoms with Gasteiger partial charge in [-0.15, -0.1) is 0 Å². The molecule has 1 rings (SSSR count). The van der Waals surface area contributed by atoms with Crippen molar-refractivity contribution in [3.8, 4) is 0 Å². The average Bonchev–Trinajstić information content (AvgIpc) is 2.34. The van der Waals surface area contributed by atoms with Gasteiger partial charge in [0.1, 0.15) is 5.60 Å². The van der Waals surface area contributed by atoms with Crippen molar-refractivity contribution in [3.05, 3.63) is 0 Å². The normalized spacial score (nSPS) is 18.6. The Balaban J connectivity index is 2.29. The van der Waals surface area contributed by atoms with Crippen LogP contribution >= 0.6 is 0 Å². The summed E-state index contributed by atoms with van der Waals surface area (Å²) in [7, 11) is 0. The highest BCUT2D eigenvalue weighted by Gasteiger charge is 2.23. The van der Waals surface area contributed by atoms with E-state index >= 15 is 0 Å². The smallest absolute Gasteiger partial charge is 0.407 e. The Morgan fingerprint density at radius 1 is 1.20 bits per heavy atom. The maximum Gasteiger partial charge on any atom is 0.407 e. The van der Waals surface area contributed by atoms with Gasteiger partial charge in [-0.1, -0.05) is 0 Å². The zero-order valence-electron chi connectivity index (χ0n) is 13.2. The second-order valence-corrected chi connectivity index (χ2v) is 6.27. The number of hydrogen-bond acceptors (Lipinski definition) is 4. The van der Waals surface area contributed by atoms with Crippen LogP contribution in [0.2, 0.25) is 0 Å². The van der Waals surface area contributed by atoms with Crippen molar-refractivity contribution in [1.29, 1.82) is 0 Å². The second-order valence-electron chi connectivity index (χ2n) is 6.27. The first-order chi connectivity index (χ1) is 9.19. The van der Waals surface area contributed by atoms with E-state index in [4.69, 9.17) is 4.74 Å². The van der Waals surface area contributed by atoms with E-state index in [2.05, 4.69) is 17.1 Å². The fourth-order valence-electron chi connectivity index (χ4n) is 2.15. The van der Waals surface area contributed by atoms with E-state index in [1.165, 1.54) is 0 Å². The van der Waals surface area contributed by atoms with Crippen LogP contribution in [-0.2, 0) is 9.53 Å². The SMILES string of the molecule is CC(=O)N1CCN([C@H](C)CNC(=O)OC(C)(C)C)CC1. The van der Waals surface area contributed by atoms with Gasteiger partial charge in [0.15, 0.2) is 0 Å². The first-order valence-electron chi connectivity index (χ1n) is 7.15. The molecule has 6 nitrogen and oxygen atoms in total. The molecule has 2 amide bonds. The Morgan fingerprint density at radius 3 is 2.20 bits per heavy atom. The number of piperazine rings is 1. The number of alkyl carbamates (subject to hydrolysis) is 1. The molecule has 1 heterocycles. The summed E-state index contributed by atoms with van der Waals surface area (Å²) >= 11 is 0. The summed E-state index contributed by atoms with van der Waals surface area (Å²) in [5.74, 6) is 0.129. The summed E-state index contributed by atoms with van der Waals surface area (Å²) in [6.45, 7) is 13.0. The Kier molecular flexibility index (Phi) is 5.80. The number of hydrogen-bond donors (Lipinski definition) is 1. The third-order valence-corrected chi connectivity index (χ3v) is 3.32. The van der Waals surface area contributed by atoms with Gasteiger partial charge in [-0.3, -0.25) is 9.69 Å². The van der Waals surface area contributed by atoms with Crippen molar-refractivity contribution in [1.82, 2.24) is 15.1 Å². The van der Waals surface area contributed by atoms with Crippen molar-refractivity contribution in [2.24, 2.45) is 0 Å². The highest BCUT2D eigenvalue weighted by molar-refractivity contribution is 5.73. The summed E-state index contributed by atoms with van der Waals surface area (Å²) in [6, 6.07) is 0.233. The molecule has 0 spiro atoms. The van der Waals surface area contributed by atoms with Crippen LogP contribution in [0, 0.1) is 0 Å². The fraction of sp³-hybridized carbons (Fsp3) is 0.857. The molecule has 0 aromatic heterocycles. The molecule has 0 radical (unpaired) electrons. The Morgan fingerprint density at radius 2 is 1.75 bits per heavy atom. The quantitative estimate of drug-likeness (QED) is 0.842. The fourth-order valence-corrected chi connectivity index (χ4v) is 2.15. The van der Waals surface area contributed by atoms with Crippen LogP contribution in [0.15, 0.2) is 0 Å².